The summed E-state index contributed by atoms with van der Waals surface area (Å²) in [6.45, 7) is 13.7. The third kappa shape index (κ3) is 8.26. The predicted octanol–water partition coefficient (Wildman–Crippen LogP) is 2.37. The Hall–Kier alpha value is -0.0800. The molecule has 0 aliphatic heterocycles. The van der Waals surface area contributed by atoms with Crippen molar-refractivity contribution in [2.45, 2.75) is 47.6 Å². The molecule has 0 unspecified atom stereocenters. The first kappa shape index (κ1) is 15.4. The lowest BCUT2D eigenvalue weighted by Crippen LogP contribution is -2.37. The van der Waals surface area contributed by atoms with E-state index < -0.39 is 0 Å². The number of aliphatic hydroxyl groups excluding tert-OH is 1. The third-order valence-corrected chi connectivity index (χ3v) is 1.99. The van der Waals surface area contributed by atoms with Crippen LogP contribution in [0.5, 0.6) is 0 Å². The van der Waals surface area contributed by atoms with Gasteiger partial charge in [0.15, 0.2) is 0 Å². The SMILES string of the molecule is CC.CC(C)N(C)CC(C)(C)CO. The normalized spacial score (nSPS) is 11.5. The number of rotatable bonds is 4. The Morgan fingerprint density at radius 3 is 1.85 bits per heavy atom. The number of hydrogen-bond donors (Lipinski definition) is 1. The van der Waals surface area contributed by atoms with Gasteiger partial charge in [0.25, 0.3) is 0 Å². The van der Waals surface area contributed by atoms with E-state index in [0.717, 1.165) is 6.54 Å². The van der Waals surface area contributed by atoms with Gasteiger partial charge in [-0.15, -0.1) is 0 Å². The molecule has 0 radical (unpaired) electrons. The summed E-state index contributed by atoms with van der Waals surface area (Å²) in [5, 5.41) is 9.00. The van der Waals surface area contributed by atoms with Crippen molar-refractivity contribution in [3.05, 3.63) is 0 Å². The summed E-state index contributed by atoms with van der Waals surface area (Å²) in [4.78, 5) is 2.25. The van der Waals surface area contributed by atoms with Crippen LogP contribution in [-0.2, 0) is 0 Å². The highest BCUT2D eigenvalue weighted by atomic mass is 16.3. The largest absolute Gasteiger partial charge is 0.396 e. The van der Waals surface area contributed by atoms with Crippen LogP contribution in [-0.4, -0.2) is 36.2 Å². The zero-order valence-corrected chi connectivity index (χ0v) is 10.4. The average Bonchev–Trinajstić information content (AvgIpc) is 2.07. The van der Waals surface area contributed by atoms with Crippen molar-refractivity contribution in [3.8, 4) is 0 Å². The second-order valence-electron chi connectivity index (χ2n) is 4.33. The summed E-state index contributed by atoms with van der Waals surface area (Å²) < 4.78 is 0. The standard InChI is InChI=1S/C9H21NO.C2H6/c1-8(2)10(5)6-9(3,4)7-11;1-2/h8,11H,6-7H2,1-5H3;1-2H3. The van der Waals surface area contributed by atoms with E-state index in [0.29, 0.717) is 6.04 Å². The van der Waals surface area contributed by atoms with Gasteiger partial charge in [0.1, 0.15) is 0 Å². The fourth-order valence-electron chi connectivity index (χ4n) is 0.908. The van der Waals surface area contributed by atoms with Crippen molar-refractivity contribution >= 4 is 0 Å². The van der Waals surface area contributed by atoms with Gasteiger partial charge in [-0.3, -0.25) is 0 Å². The van der Waals surface area contributed by atoms with E-state index >= 15 is 0 Å². The van der Waals surface area contributed by atoms with Crippen LogP contribution >= 0.6 is 0 Å². The molecule has 0 saturated carbocycles. The Morgan fingerprint density at radius 2 is 1.62 bits per heavy atom. The molecule has 0 saturated heterocycles. The Bertz CT molecular complexity index is 111. The summed E-state index contributed by atoms with van der Waals surface area (Å²) >= 11 is 0. The van der Waals surface area contributed by atoms with E-state index in [1.54, 1.807) is 0 Å². The van der Waals surface area contributed by atoms with Crippen LogP contribution < -0.4 is 0 Å². The quantitative estimate of drug-likeness (QED) is 0.734. The van der Waals surface area contributed by atoms with Crippen LogP contribution in [0.1, 0.15) is 41.5 Å². The van der Waals surface area contributed by atoms with E-state index in [2.05, 4.69) is 39.6 Å². The number of nitrogens with zero attached hydrogens (tertiary/aromatic N) is 1. The van der Waals surface area contributed by atoms with Gasteiger partial charge in [-0.25, -0.2) is 0 Å². The van der Waals surface area contributed by atoms with Crippen molar-refractivity contribution in [2.75, 3.05) is 20.2 Å². The molecule has 0 aliphatic carbocycles. The molecule has 2 nitrogen and oxygen atoms in total. The molecule has 0 atom stereocenters. The molecule has 0 heterocycles. The molecule has 0 spiro atoms. The van der Waals surface area contributed by atoms with Crippen LogP contribution in [0, 0.1) is 5.41 Å². The maximum atomic E-state index is 9.00. The molecule has 0 aromatic carbocycles. The third-order valence-electron chi connectivity index (χ3n) is 1.99. The molecule has 0 aliphatic rings. The molecule has 2 heteroatoms. The first-order valence-corrected chi connectivity index (χ1v) is 5.20. The molecule has 0 rings (SSSR count). The Balaban J connectivity index is 0. The van der Waals surface area contributed by atoms with Crippen LogP contribution in [0.3, 0.4) is 0 Å². The van der Waals surface area contributed by atoms with Crippen molar-refractivity contribution in [2.24, 2.45) is 5.41 Å². The van der Waals surface area contributed by atoms with E-state index in [1.165, 1.54) is 0 Å². The van der Waals surface area contributed by atoms with Crippen molar-refractivity contribution < 1.29 is 5.11 Å². The lowest BCUT2D eigenvalue weighted by atomic mass is 9.94. The fraction of sp³-hybridized carbons (Fsp3) is 1.00. The van der Waals surface area contributed by atoms with Gasteiger partial charge < -0.3 is 10.0 Å². The number of aliphatic hydroxyl groups is 1. The Kier molecular flexibility index (Phi) is 8.69. The van der Waals surface area contributed by atoms with Crippen molar-refractivity contribution in [1.29, 1.82) is 0 Å². The van der Waals surface area contributed by atoms with Gasteiger partial charge in [-0.1, -0.05) is 27.7 Å². The van der Waals surface area contributed by atoms with E-state index in [-0.39, 0.29) is 12.0 Å². The first-order chi connectivity index (χ1) is 5.89. The van der Waals surface area contributed by atoms with Gasteiger partial charge >= 0.3 is 0 Å². The van der Waals surface area contributed by atoms with Crippen LogP contribution in [0.4, 0.5) is 0 Å². The molecule has 0 aromatic heterocycles. The second kappa shape index (κ2) is 7.34. The summed E-state index contributed by atoms with van der Waals surface area (Å²) in [5.74, 6) is 0. The minimum Gasteiger partial charge on any atom is -0.396 e. The molecule has 0 aromatic rings. The number of hydrogen-bond acceptors (Lipinski definition) is 2. The smallest absolute Gasteiger partial charge is 0.0494 e. The predicted molar refractivity (Wildman–Crippen MR) is 60.0 cm³/mol. The maximum absolute atomic E-state index is 9.00. The zero-order chi connectivity index (χ0) is 11.1. The Morgan fingerprint density at radius 1 is 1.23 bits per heavy atom. The highest BCUT2D eigenvalue weighted by molar-refractivity contribution is 4.72. The summed E-state index contributed by atoms with van der Waals surface area (Å²) in [5.41, 5.74) is 0.0268. The molecule has 0 bridgehead atoms. The van der Waals surface area contributed by atoms with Crippen LogP contribution in [0.2, 0.25) is 0 Å². The van der Waals surface area contributed by atoms with Gasteiger partial charge in [-0.05, 0) is 20.9 Å². The molecular weight excluding hydrogens is 162 g/mol. The molecule has 0 amide bonds. The van der Waals surface area contributed by atoms with Gasteiger partial charge in [0.05, 0.1) is 0 Å². The van der Waals surface area contributed by atoms with E-state index in [1.807, 2.05) is 13.8 Å². The first-order valence-electron chi connectivity index (χ1n) is 5.20. The lowest BCUT2D eigenvalue weighted by molar-refractivity contribution is 0.102. The highest BCUT2D eigenvalue weighted by Gasteiger charge is 2.19. The summed E-state index contributed by atoms with van der Waals surface area (Å²) in [6.07, 6.45) is 0. The van der Waals surface area contributed by atoms with Gasteiger partial charge in [0.2, 0.25) is 0 Å². The minimum atomic E-state index is 0.0268. The van der Waals surface area contributed by atoms with Crippen molar-refractivity contribution in [1.82, 2.24) is 4.90 Å². The minimum absolute atomic E-state index is 0.0268. The van der Waals surface area contributed by atoms with E-state index in [9.17, 15) is 0 Å². The maximum Gasteiger partial charge on any atom is 0.0494 e. The topological polar surface area (TPSA) is 23.5 Å². The molecule has 13 heavy (non-hydrogen) atoms. The monoisotopic (exact) mass is 189 g/mol. The van der Waals surface area contributed by atoms with E-state index in [4.69, 9.17) is 5.11 Å². The van der Waals surface area contributed by atoms with Crippen molar-refractivity contribution in [3.63, 3.8) is 0 Å². The fourth-order valence-corrected chi connectivity index (χ4v) is 0.908. The molecule has 82 valence electrons. The average molecular weight is 189 g/mol. The summed E-state index contributed by atoms with van der Waals surface area (Å²) in [7, 11) is 2.09. The lowest BCUT2D eigenvalue weighted by Gasteiger charge is -2.30. The zero-order valence-electron chi connectivity index (χ0n) is 10.4. The Labute approximate surface area is 83.9 Å². The molecule has 0 fully saturated rings. The van der Waals surface area contributed by atoms with Gasteiger partial charge in [-0.2, -0.15) is 0 Å². The summed E-state index contributed by atoms with van der Waals surface area (Å²) in [6, 6.07) is 0.556. The molecule has 1 N–H and O–H groups in total. The highest BCUT2D eigenvalue weighted by Crippen LogP contribution is 2.15. The van der Waals surface area contributed by atoms with Crippen LogP contribution in [0.25, 0.3) is 0 Å². The van der Waals surface area contributed by atoms with Gasteiger partial charge in [0, 0.05) is 24.6 Å². The second-order valence-corrected chi connectivity index (χ2v) is 4.33. The van der Waals surface area contributed by atoms with Crippen LogP contribution in [0.15, 0.2) is 0 Å². The molecular formula is C11H27NO.